The molecule has 4 bridgehead atoms. The van der Waals surface area contributed by atoms with E-state index in [1.807, 2.05) is 11.3 Å². The number of fused-ring (bicyclic) bond motifs is 8. The lowest BCUT2D eigenvalue weighted by molar-refractivity contribution is -0.0443. The average molecular weight is 870 g/mol. The predicted molar refractivity (Wildman–Crippen MR) is 279 cm³/mol. The van der Waals surface area contributed by atoms with Crippen molar-refractivity contribution in [3.05, 3.63) is 209 Å². The van der Waals surface area contributed by atoms with Crippen LogP contribution in [0.3, 0.4) is 0 Å². The summed E-state index contributed by atoms with van der Waals surface area (Å²) < 4.78 is 2.67. The molecule has 1 spiro atoms. The standard InChI is InChI=1S/C64H55NS/c1-62(2)53-19-9-7-16-49(53)50-30-28-45(37-57(50)62)65(44-26-24-41(25-27-44)47-14-5-6-15-48(47)51-18-13-23-60-61(51)52-17-8-12-22-59(52)66-60)46-29-31-55-58(38-46)64(56-21-11-10-20-54(56)63(55,3)4)42-33-39-32-40(35-42)36-43(64)34-39/h5-31,37-40,42-43H,32-36H2,1-4H3. The van der Waals surface area contributed by atoms with Gasteiger partial charge in [0.2, 0.25) is 0 Å². The lowest BCUT2D eigenvalue weighted by Crippen LogP contribution is -2.58. The number of nitrogens with zero attached hydrogens (tertiary/aromatic N) is 1. The molecule has 1 nitrogen and oxygen atoms in total. The first-order valence-electron chi connectivity index (χ1n) is 24.6. The van der Waals surface area contributed by atoms with Crippen molar-refractivity contribution in [1.29, 1.82) is 0 Å². The molecule has 322 valence electrons. The minimum absolute atomic E-state index is 0.0440. The molecule has 15 rings (SSSR count). The molecular weight excluding hydrogens is 815 g/mol. The van der Waals surface area contributed by atoms with Crippen LogP contribution in [0, 0.1) is 23.7 Å². The summed E-state index contributed by atoms with van der Waals surface area (Å²) in [4.78, 5) is 2.59. The number of thiophene rings is 1. The molecule has 4 fully saturated rings. The first-order chi connectivity index (χ1) is 32.2. The van der Waals surface area contributed by atoms with Gasteiger partial charge in [0.05, 0.1) is 0 Å². The maximum absolute atomic E-state index is 2.69. The molecule has 9 aromatic rings. The van der Waals surface area contributed by atoms with Gasteiger partial charge in [0.15, 0.2) is 0 Å². The summed E-state index contributed by atoms with van der Waals surface area (Å²) in [5, 5.41) is 2.69. The van der Waals surface area contributed by atoms with Gasteiger partial charge in [0, 0.05) is 53.5 Å². The summed E-state index contributed by atoms with van der Waals surface area (Å²) in [7, 11) is 0. The van der Waals surface area contributed by atoms with E-state index in [0.717, 1.165) is 11.8 Å². The third-order valence-corrected chi connectivity index (χ3v) is 18.9. The summed E-state index contributed by atoms with van der Waals surface area (Å²) in [6.45, 7) is 9.80. The van der Waals surface area contributed by atoms with E-state index in [1.54, 1.807) is 16.7 Å². The van der Waals surface area contributed by atoms with Crippen LogP contribution in [0.5, 0.6) is 0 Å². The normalized spacial score (nSPS) is 23.5. The number of hydrogen-bond acceptors (Lipinski definition) is 2. The molecule has 1 heterocycles. The van der Waals surface area contributed by atoms with Crippen molar-refractivity contribution >= 4 is 48.6 Å². The van der Waals surface area contributed by atoms with Crippen molar-refractivity contribution < 1.29 is 0 Å². The van der Waals surface area contributed by atoms with Crippen LogP contribution < -0.4 is 4.90 Å². The van der Waals surface area contributed by atoms with Gasteiger partial charge in [0.1, 0.15) is 0 Å². The minimum atomic E-state index is -0.105. The average Bonchev–Trinajstić information content (AvgIpc) is 3.83. The van der Waals surface area contributed by atoms with E-state index >= 15 is 0 Å². The molecular formula is C64H55NS. The van der Waals surface area contributed by atoms with Gasteiger partial charge in [-0.1, -0.05) is 155 Å². The Hall–Kier alpha value is -6.22. The smallest absolute Gasteiger partial charge is 0.0465 e. The quantitative estimate of drug-likeness (QED) is 0.167. The van der Waals surface area contributed by atoms with Crippen molar-refractivity contribution in [2.45, 2.75) is 76.0 Å². The highest BCUT2D eigenvalue weighted by molar-refractivity contribution is 7.25. The number of benzene rings is 8. The maximum atomic E-state index is 2.69. The number of anilines is 3. The molecule has 0 saturated heterocycles. The monoisotopic (exact) mass is 869 g/mol. The Morgan fingerprint density at radius 1 is 0.394 bits per heavy atom. The Balaban J connectivity index is 0.952. The van der Waals surface area contributed by atoms with Gasteiger partial charge in [-0.2, -0.15) is 0 Å². The zero-order chi connectivity index (χ0) is 44.1. The molecule has 66 heavy (non-hydrogen) atoms. The Labute approximate surface area is 393 Å². The second-order valence-electron chi connectivity index (χ2n) is 21.7. The van der Waals surface area contributed by atoms with Gasteiger partial charge in [0.25, 0.3) is 0 Å². The fourth-order valence-corrected chi connectivity index (χ4v) is 16.2. The molecule has 2 heteroatoms. The Morgan fingerprint density at radius 3 is 1.68 bits per heavy atom. The summed E-state index contributed by atoms with van der Waals surface area (Å²) in [5.41, 5.74) is 20.4. The summed E-state index contributed by atoms with van der Waals surface area (Å²) in [6, 6.07) is 67.9. The lowest BCUT2D eigenvalue weighted by atomic mass is 9.39. The van der Waals surface area contributed by atoms with Crippen molar-refractivity contribution in [2.24, 2.45) is 23.7 Å². The molecule has 0 atom stereocenters. The van der Waals surface area contributed by atoms with Crippen LogP contribution in [0.4, 0.5) is 17.1 Å². The van der Waals surface area contributed by atoms with Gasteiger partial charge < -0.3 is 4.90 Å². The Morgan fingerprint density at radius 2 is 0.924 bits per heavy atom. The topological polar surface area (TPSA) is 3.24 Å². The van der Waals surface area contributed by atoms with E-state index in [0.29, 0.717) is 11.8 Å². The van der Waals surface area contributed by atoms with Crippen LogP contribution in [0.2, 0.25) is 0 Å². The van der Waals surface area contributed by atoms with Gasteiger partial charge in [-0.25, -0.2) is 0 Å². The number of rotatable bonds is 5. The van der Waals surface area contributed by atoms with Gasteiger partial charge in [-0.3, -0.25) is 0 Å². The fourth-order valence-electron chi connectivity index (χ4n) is 15.1. The van der Waals surface area contributed by atoms with Crippen molar-refractivity contribution in [1.82, 2.24) is 0 Å². The SMILES string of the molecule is CC1(C)c2ccccc2-c2ccc(N(c3ccc(-c4ccccc4-c4cccc5sc6ccccc6c45)cc3)c3ccc4c(c3)C3(c5ccccc5C4(C)C)C4CC5CC(C4)CC3C5)cc21. The highest BCUT2D eigenvalue weighted by Gasteiger charge is 2.62. The van der Waals surface area contributed by atoms with Gasteiger partial charge >= 0.3 is 0 Å². The summed E-state index contributed by atoms with van der Waals surface area (Å²) in [5.74, 6) is 3.15. The molecule has 0 radical (unpaired) electrons. The van der Waals surface area contributed by atoms with E-state index in [4.69, 9.17) is 0 Å². The molecule has 0 unspecified atom stereocenters. The van der Waals surface area contributed by atoms with Crippen LogP contribution in [0.1, 0.15) is 93.2 Å². The second-order valence-corrected chi connectivity index (χ2v) is 22.8. The maximum Gasteiger partial charge on any atom is 0.0465 e. The molecule has 1 aromatic heterocycles. The minimum Gasteiger partial charge on any atom is -0.310 e. The predicted octanol–water partition coefficient (Wildman–Crippen LogP) is 17.5. The van der Waals surface area contributed by atoms with E-state index in [1.165, 1.54) is 119 Å². The first-order valence-corrected chi connectivity index (χ1v) is 25.4. The van der Waals surface area contributed by atoms with E-state index in [9.17, 15) is 0 Å². The van der Waals surface area contributed by atoms with Crippen molar-refractivity contribution in [3.63, 3.8) is 0 Å². The molecule has 0 N–H and O–H groups in total. The van der Waals surface area contributed by atoms with Crippen LogP contribution in [0.25, 0.3) is 53.6 Å². The second kappa shape index (κ2) is 13.9. The van der Waals surface area contributed by atoms with Crippen LogP contribution >= 0.6 is 11.3 Å². The van der Waals surface area contributed by atoms with Gasteiger partial charge in [-0.05, 0) is 171 Å². The largest absolute Gasteiger partial charge is 0.310 e. The summed E-state index contributed by atoms with van der Waals surface area (Å²) >= 11 is 1.89. The van der Waals surface area contributed by atoms with Gasteiger partial charge in [-0.15, -0.1) is 11.3 Å². The third-order valence-electron chi connectivity index (χ3n) is 17.7. The Kier molecular flexibility index (Phi) is 8.22. The molecule has 8 aromatic carbocycles. The van der Waals surface area contributed by atoms with Crippen LogP contribution in [-0.2, 0) is 16.2 Å². The summed E-state index contributed by atoms with van der Waals surface area (Å²) in [6.07, 6.45) is 6.94. The highest BCUT2D eigenvalue weighted by Crippen LogP contribution is 2.69. The van der Waals surface area contributed by atoms with Crippen molar-refractivity contribution in [2.75, 3.05) is 4.90 Å². The zero-order valence-electron chi connectivity index (χ0n) is 38.4. The molecule has 4 saturated carbocycles. The first kappa shape index (κ1) is 39.0. The molecule has 6 aliphatic carbocycles. The number of hydrogen-bond donors (Lipinski definition) is 0. The van der Waals surface area contributed by atoms with E-state index in [2.05, 4.69) is 209 Å². The fraction of sp³-hybridized carbons (Fsp3) is 0.250. The molecule has 0 amide bonds. The van der Waals surface area contributed by atoms with E-state index < -0.39 is 0 Å². The van der Waals surface area contributed by atoms with Crippen LogP contribution in [0.15, 0.2) is 176 Å². The van der Waals surface area contributed by atoms with Crippen LogP contribution in [-0.4, -0.2) is 0 Å². The Bertz CT molecular complexity index is 3420. The lowest BCUT2D eigenvalue weighted by Gasteiger charge is -2.64. The molecule has 0 aliphatic heterocycles. The highest BCUT2D eigenvalue weighted by atomic mass is 32.1. The van der Waals surface area contributed by atoms with Crippen molar-refractivity contribution in [3.8, 4) is 33.4 Å². The molecule has 6 aliphatic rings. The zero-order valence-corrected chi connectivity index (χ0v) is 39.3. The third kappa shape index (κ3) is 5.28. The van der Waals surface area contributed by atoms with E-state index in [-0.39, 0.29) is 16.2 Å².